The number of carbonyl (C=O) groups is 2. The standard InChI is InChI=1S/C19H24N2O4S/c1-5-24-18(22)15-7-8-20-17(16(15)19(23)25-6-2)13-9-12(3)21-14(10-13)11-26-4/h8-10,15H,5-7,11H2,1-4H3. The van der Waals surface area contributed by atoms with Crippen LogP contribution in [-0.4, -0.2) is 42.6 Å². The third-order valence-electron chi connectivity index (χ3n) is 3.80. The Kier molecular flexibility index (Phi) is 7.38. The fourth-order valence-corrected chi connectivity index (χ4v) is 3.28. The Hall–Kier alpha value is -2.15. The number of thioether (sulfide) groups is 1. The van der Waals surface area contributed by atoms with Gasteiger partial charge in [0.25, 0.3) is 0 Å². The predicted octanol–water partition coefficient (Wildman–Crippen LogP) is 3.18. The van der Waals surface area contributed by atoms with Crippen LogP contribution >= 0.6 is 11.8 Å². The number of esters is 2. The van der Waals surface area contributed by atoms with E-state index in [0.29, 0.717) is 12.1 Å². The fraction of sp³-hybridized carbons (Fsp3) is 0.474. The van der Waals surface area contributed by atoms with Crippen molar-refractivity contribution in [3.8, 4) is 0 Å². The molecule has 1 aliphatic rings. The van der Waals surface area contributed by atoms with Gasteiger partial charge < -0.3 is 9.47 Å². The van der Waals surface area contributed by atoms with Gasteiger partial charge in [-0.2, -0.15) is 11.8 Å². The molecule has 0 saturated carbocycles. The third kappa shape index (κ3) is 4.72. The molecule has 1 aromatic rings. The minimum Gasteiger partial charge on any atom is -0.466 e. The van der Waals surface area contributed by atoms with Gasteiger partial charge in [0.05, 0.1) is 36.1 Å². The summed E-state index contributed by atoms with van der Waals surface area (Å²) < 4.78 is 10.4. The molecule has 2 rings (SSSR count). The zero-order valence-electron chi connectivity index (χ0n) is 15.6. The smallest absolute Gasteiger partial charge is 0.337 e. The summed E-state index contributed by atoms with van der Waals surface area (Å²) in [5.41, 5.74) is 3.20. The zero-order valence-corrected chi connectivity index (χ0v) is 16.4. The van der Waals surface area contributed by atoms with E-state index in [-0.39, 0.29) is 18.8 Å². The van der Waals surface area contributed by atoms with Crippen LogP contribution in [0.3, 0.4) is 0 Å². The number of nitrogens with zero attached hydrogens (tertiary/aromatic N) is 2. The van der Waals surface area contributed by atoms with E-state index < -0.39 is 17.9 Å². The summed E-state index contributed by atoms with van der Waals surface area (Å²) >= 11 is 1.66. The highest BCUT2D eigenvalue weighted by Gasteiger charge is 2.35. The van der Waals surface area contributed by atoms with Gasteiger partial charge in [0, 0.05) is 29.6 Å². The quantitative estimate of drug-likeness (QED) is 0.680. The van der Waals surface area contributed by atoms with Crippen molar-refractivity contribution in [2.75, 3.05) is 19.5 Å². The lowest BCUT2D eigenvalue weighted by Gasteiger charge is -2.22. The first kappa shape index (κ1) is 20.2. The molecular weight excluding hydrogens is 352 g/mol. The van der Waals surface area contributed by atoms with Crippen molar-refractivity contribution in [2.45, 2.75) is 32.9 Å². The molecule has 0 saturated heterocycles. The first-order valence-corrected chi connectivity index (χ1v) is 9.98. The van der Waals surface area contributed by atoms with Crippen LogP contribution in [-0.2, 0) is 24.8 Å². The highest BCUT2D eigenvalue weighted by Crippen LogP contribution is 2.33. The molecule has 26 heavy (non-hydrogen) atoms. The maximum atomic E-state index is 12.6. The maximum Gasteiger partial charge on any atom is 0.337 e. The minimum atomic E-state index is -0.709. The number of ether oxygens (including phenoxy) is 2. The molecule has 140 valence electrons. The molecule has 0 fully saturated rings. The van der Waals surface area contributed by atoms with E-state index in [1.807, 2.05) is 25.3 Å². The number of rotatable bonds is 7. The lowest BCUT2D eigenvalue weighted by Crippen LogP contribution is -2.28. The molecule has 0 spiro atoms. The van der Waals surface area contributed by atoms with Crippen molar-refractivity contribution in [3.05, 3.63) is 34.7 Å². The highest BCUT2D eigenvalue weighted by molar-refractivity contribution is 7.97. The minimum absolute atomic E-state index is 0.224. The van der Waals surface area contributed by atoms with Crippen LogP contribution in [0.4, 0.5) is 0 Å². The number of aliphatic imine (C=N–C) groups is 1. The van der Waals surface area contributed by atoms with E-state index in [2.05, 4.69) is 9.98 Å². The second-order valence-electron chi connectivity index (χ2n) is 5.76. The SMILES string of the molecule is CCOC(=O)C1=C(c2cc(C)nc(CSC)c2)N=CCC1C(=O)OCC. The van der Waals surface area contributed by atoms with Crippen LogP contribution in [0.1, 0.15) is 37.2 Å². The summed E-state index contributed by atoms with van der Waals surface area (Å²) in [6.45, 7) is 5.85. The molecule has 1 aromatic heterocycles. The molecule has 0 N–H and O–H groups in total. The molecule has 0 radical (unpaired) electrons. The van der Waals surface area contributed by atoms with Crippen LogP contribution in [0.15, 0.2) is 22.7 Å². The molecule has 0 amide bonds. The van der Waals surface area contributed by atoms with Gasteiger partial charge in [-0.3, -0.25) is 14.8 Å². The van der Waals surface area contributed by atoms with Gasteiger partial charge in [0.1, 0.15) is 0 Å². The Morgan fingerprint density at radius 1 is 1.23 bits per heavy atom. The Morgan fingerprint density at radius 2 is 1.96 bits per heavy atom. The molecule has 0 aliphatic carbocycles. The van der Waals surface area contributed by atoms with Gasteiger partial charge in [-0.25, -0.2) is 4.79 Å². The Labute approximate surface area is 158 Å². The number of hydrogen-bond acceptors (Lipinski definition) is 7. The first-order valence-electron chi connectivity index (χ1n) is 8.59. The molecule has 1 aliphatic heterocycles. The van der Waals surface area contributed by atoms with E-state index in [1.54, 1.807) is 31.8 Å². The fourth-order valence-electron chi connectivity index (χ4n) is 2.83. The molecule has 0 bridgehead atoms. The van der Waals surface area contributed by atoms with Gasteiger partial charge in [0.2, 0.25) is 0 Å². The molecular formula is C19H24N2O4S. The number of carbonyl (C=O) groups excluding carboxylic acids is 2. The molecule has 6 nitrogen and oxygen atoms in total. The van der Waals surface area contributed by atoms with Crippen LogP contribution < -0.4 is 0 Å². The Morgan fingerprint density at radius 3 is 2.62 bits per heavy atom. The summed E-state index contributed by atoms with van der Waals surface area (Å²) in [6.07, 6.45) is 3.98. The highest BCUT2D eigenvalue weighted by atomic mass is 32.2. The first-order chi connectivity index (χ1) is 12.5. The Bertz CT molecular complexity index is 743. The largest absolute Gasteiger partial charge is 0.466 e. The Balaban J connectivity index is 2.58. The lowest BCUT2D eigenvalue weighted by molar-refractivity contribution is -0.149. The maximum absolute atomic E-state index is 12.6. The van der Waals surface area contributed by atoms with E-state index in [1.165, 1.54) is 0 Å². The summed E-state index contributed by atoms with van der Waals surface area (Å²) in [4.78, 5) is 33.9. The van der Waals surface area contributed by atoms with Crippen LogP contribution in [0.2, 0.25) is 0 Å². The molecule has 2 heterocycles. The van der Waals surface area contributed by atoms with Crippen molar-refractivity contribution in [1.29, 1.82) is 0 Å². The van der Waals surface area contributed by atoms with Gasteiger partial charge in [-0.15, -0.1) is 0 Å². The van der Waals surface area contributed by atoms with Gasteiger partial charge in [0.15, 0.2) is 0 Å². The summed E-state index contributed by atoms with van der Waals surface area (Å²) in [7, 11) is 0. The molecule has 1 atom stereocenters. The summed E-state index contributed by atoms with van der Waals surface area (Å²) in [6, 6.07) is 3.77. The van der Waals surface area contributed by atoms with Crippen LogP contribution in [0.25, 0.3) is 5.70 Å². The van der Waals surface area contributed by atoms with Crippen molar-refractivity contribution < 1.29 is 19.1 Å². The average Bonchev–Trinajstić information content (AvgIpc) is 2.61. The van der Waals surface area contributed by atoms with Gasteiger partial charge in [-0.05, 0) is 39.2 Å². The average molecular weight is 376 g/mol. The van der Waals surface area contributed by atoms with Crippen LogP contribution in [0, 0.1) is 12.8 Å². The van der Waals surface area contributed by atoms with Crippen molar-refractivity contribution >= 4 is 35.6 Å². The second-order valence-corrected chi connectivity index (χ2v) is 6.62. The number of aryl methyl sites for hydroxylation is 1. The number of hydrogen-bond donors (Lipinski definition) is 0. The van der Waals surface area contributed by atoms with Crippen molar-refractivity contribution in [3.63, 3.8) is 0 Å². The van der Waals surface area contributed by atoms with E-state index in [0.717, 1.165) is 22.7 Å². The summed E-state index contributed by atoms with van der Waals surface area (Å²) in [5.74, 6) is -0.923. The normalized spacial score (nSPS) is 16.5. The molecule has 1 unspecified atom stereocenters. The van der Waals surface area contributed by atoms with E-state index in [9.17, 15) is 9.59 Å². The molecule has 0 aromatic carbocycles. The van der Waals surface area contributed by atoms with Gasteiger partial charge >= 0.3 is 11.9 Å². The molecule has 7 heteroatoms. The zero-order chi connectivity index (χ0) is 19.1. The summed E-state index contributed by atoms with van der Waals surface area (Å²) in [5, 5.41) is 0. The third-order valence-corrected chi connectivity index (χ3v) is 4.39. The van der Waals surface area contributed by atoms with E-state index >= 15 is 0 Å². The number of pyridine rings is 1. The van der Waals surface area contributed by atoms with Crippen LogP contribution in [0.5, 0.6) is 0 Å². The van der Waals surface area contributed by atoms with Gasteiger partial charge in [-0.1, -0.05) is 0 Å². The van der Waals surface area contributed by atoms with E-state index in [4.69, 9.17) is 9.47 Å². The monoisotopic (exact) mass is 376 g/mol. The lowest BCUT2D eigenvalue weighted by atomic mass is 9.89. The number of aromatic nitrogens is 1. The predicted molar refractivity (Wildman–Crippen MR) is 103 cm³/mol. The van der Waals surface area contributed by atoms with Crippen molar-refractivity contribution in [1.82, 2.24) is 4.98 Å². The van der Waals surface area contributed by atoms with Crippen molar-refractivity contribution in [2.24, 2.45) is 10.9 Å². The second kappa shape index (κ2) is 9.52. The topological polar surface area (TPSA) is 77.9 Å².